The van der Waals surface area contributed by atoms with E-state index in [0.29, 0.717) is 51.1 Å². The summed E-state index contributed by atoms with van der Waals surface area (Å²) in [5.41, 5.74) is 2.90. The maximum absolute atomic E-state index is 10.9. The number of anilines is 2. The number of H-pyrrole nitrogens is 2. The minimum Gasteiger partial charge on any atom is -0.493 e. The lowest BCUT2D eigenvalue weighted by atomic mass is 10.2. The molecule has 0 fully saturated rings. The summed E-state index contributed by atoms with van der Waals surface area (Å²) >= 11 is 0. The molecule has 1 aliphatic heterocycles. The highest BCUT2D eigenvalue weighted by molar-refractivity contribution is 6.05. The first-order chi connectivity index (χ1) is 19.1. The van der Waals surface area contributed by atoms with Crippen LogP contribution in [0.1, 0.15) is 12.8 Å². The molecule has 11 nitrogen and oxygen atoms in total. The first kappa shape index (κ1) is 27.9. The molecule has 210 valence electrons. The molecule has 0 unspecified atom stereocenters. The fourth-order valence-electron chi connectivity index (χ4n) is 4.17. The molecular weight excluding hydrogens is 504 g/mol. The van der Waals surface area contributed by atoms with Crippen molar-refractivity contribution in [2.24, 2.45) is 0 Å². The summed E-state index contributed by atoms with van der Waals surface area (Å²) in [5.74, 6) is 2.97. The molecular formula is C28H36N4O7. The molecule has 4 rings (SSSR count). The van der Waals surface area contributed by atoms with Gasteiger partial charge in [0.2, 0.25) is 0 Å². The number of benzene rings is 2. The van der Waals surface area contributed by atoms with Gasteiger partial charge < -0.3 is 39.1 Å². The number of methoxy groups -OCH3 is 3. The highest BCUT2D eigenvalue weighted by atomic mass is 16.5. The molecule has 0 atom stereocenters. The predicted octanol–water partition coefficient (Wildman–Crippen LogP) is 4.91. The molecule has 1 amide bonds. The summed E-state index contributed by atoms with van der Waals surface area (Å²) in [6.45, 7) is 3.10. The number of hydrogen-bond donors (Lipinski definition) is 4. The SMILES string of the molecule is COC(=O)NCCCCOCCOCCOc1cccc(Nc2[nH][nH]c3c4cc(OC)c(OC)cc4cc2-3)c1. The summed E-state index contributed by atoms with van der Waals surface area (Å²) in [7, 11) is 4.61. The summed E-state index contributed by atoms with van der Waals surface area (Å²) in [6, 6.07) is 13.8. The first-order valence-electron chi connectivity index (χ1n) is 12.8. The van der Waals surface area contributed by atoms with Crippen molar-refractivity contribution in [3.05, 3.63) is 42.5 Å². The molecule has 0 aromatic heterocycles. The molecule has 2 aliphatic rings. The van der Waals surface area contributed by atoms with Crippen LogP contribution in [0.3, 0.4) is 0 Å². The normalized spacial score (nSPS) is 11.1. The summed E-state index contributed by atoms with van der Waals surface area (Å²) in [4.78, 5) is 10.9. The smallest absolute Gasteiger partial charge is 0.406 e. The first-order valence-corrected chi connectivity index (χ1v) is 12.8. The number of amides is 1. The number of aromatic amines is 2. The van der Waals surface area contributed by atoms with E-state index in [1.165, 1.54) is 7.11 Å². The van der Waals surface area contributed by atoms with Crippen LogP contribution in [0.5, 0.6) is 17.2 Å². The van der Waals surface area contributed by atoms with Gasteiger partial charge in [-0.15, -0.1) is 0 Å². The van der Waals surface area contributed by atoms with Crippen LogP contribution in [0.25, 0.3) is 22.0 Å². The Morgan fingerprint density at radius 3 is 2.41 bits per heavy atom. The van der Waals surface area contributed by atoms with E-state index in [2.05, 4.69) is 31.6 Å². The molecule has 0 radical (unpaired) electrons. The Hall–Kier alpha value is -4.09. The van der Waals surface area contributed by atoms with E-state index in [1.807, 2.05) is 36.4 Å². The highest BCUT2D eigenvalue weighted by Gasteiger charge is 2.19. The van der Waals surface area contributed by atoms with Gasteiger partial charge in [-0.25, -0.2) is 4.79 Å². The topological polar surface area (TPSA) is 128 Å². The molecule has 2 aromatic carbocycles. The van der Waals surface area contributed by atoms with Gasteiger partial charge in [0.1, 0.15) is 18.2 Å². The van der Waals surface area contributed by atoms with E-state index in [0.717, 1.165) is 52.1 Å². The van der Waals surface area contributed by atoms with Crippen molar-refractivity contribution in [2.45, 2.75) is 12.8 Å². The van der Waals surface area contributed by atoms with Crippen LogP contribution in [0.2, 0.25) is 0 Å². The molecule has 1 aliphatic carbocycles. The molecule has 0 spiro atoms. The third-order valence-electron chi connectivity index (χ3n) is 6.12. The Balaban J connectivity index is 1.18. The Labute approximate surface area is 227 Å². The van der Waals surface area contributed by atoms with Crippen molar-refractivity contribution in [3.63, 3.8) is 0 Å². The van der Waals surface area contributed by atoms with Crippen LogP contribution in [-0.4, -0.2) is 77.2 Å². The van der Waals surface area contributed by atoms with E-state index in [-0.39, 0.29) is 0 Å². The van der Waals surface area contributed by atoms with Gasteiger partial charge in [-0.3, -0.25) is 10.2 Å². The van der Waals surface area contributed by atoms with Gasteiger partial charge in [-0.2, -0.15) is 0 Å². The van der Waals surface area contributed by atoms with Gasteiger partial charge in [0.15, 0.2) is 11.5 Å². The van der Waals surface area contributed by atoms with Gasteiger partial charge in [-0.05, 0) is 48.6 Å². The average molecular weight is 541 g/mol. The number of ether oxygens (including phenoxy) is 6. The number of rotatable bonds is 16. The number of alkyl carbamates (subject to hydrolysis) is 1. The van der Waals surface area contributed by atoms with Crippen LogP contribution in [-0.2, 0) is 14.2 Å². The van der Waals surface area contributed by atoms with Crippen molar-refractivity contribution in [3.8, 4) is 28.5 Å². The van der Waals surface area contributed by atoms with Crippen LogP contribution in [0, 0.1) is 0 Å². The second-order valence-electron chi connectivity index (χ2n) is 8.70. The van der Waals surface area contributed by atoms with Crippen LogP contribution in [0.4, 0.5) is 16.3 Å². The molecule has 4 N–H and O–H groups in total. The maximum Gasteiger partial charge on any atom is 0.406 e. The van der Waals surface area contributed by atoms with Crippen LogP contribution < -0.4 is 24.8 Å². The highest BCUT2D eigenvalue weighted by Crippen LogP contribution is 2.42. The quantitative estimate of drug-likeness (QED) is 0.148. The van der Waals surface area contributed by atoms with Gasteiger partial charge >= 0.3 is 6.09 Å². The number of carbonyl (C=O) groups excluding carboxylic acids is 1. The molecule has 39 heavy (non-hydrogen) atoms. The summed E-state index contributed by atoms with van der Waals surface area (Å²) < 4.78 is 32.4. The van der Waals surface area contributed by atoms with Crippen LogP contribution >= 0.6 is 0 Å². The summed E-state index contributed by atoms with van der Waals surface area (Å²) in [6.07, 6.45) is 1.28. The standard InChI is InChI=1S/C28H36N4O7/c1-34-24-16-19-15-23-26(22(19)18-25(24)35-2)31-32-27(23)30-20-7-6-8-21(17-20)39-14-13-38-12-11-37-10-5-4-9-29-28(33)36-3/h6-8,15-18,30-32H,4-5,9-14H2,1-3H3,(H,29,33). The Morgan fingerprint density at radius 1 is 0.846 bits per heavy atom. The fraction of sp³-hybridized carbons (Fsp3) is 0.393. The number of hydrogen-bond acceptors (Lipinski definition) is 8. The fourth-order valence-corrected chi connectivity index (χ4v) is 4.17. The minimum atomic E-state index is -0.412. The molecule has 1 heterocycles. The number of carbonyl (C=O) groups is 1. The molecule has 0 saturated carbocycles. The lowest BCUT2D eigenvalue weighted by Gasteiger charge is -2.10. The van der Waals surface area contributed by atoms with Gasteiger partial charge in [0.25, 0.3) is 0 Å². The van der Waals surface area contributed by atoms with Crippen molar-refractivity contribution in [2.75, 3.05) is 66.2 Å². The Bertz CT molecular complexity index is 1300. The zero-order chi connectivity index (χ0) is 27.5. The van der Waals surface area contributed by atoms with Crippen molar-refractivity contribution in [1.82, 2.24) is 15.5 Å². The average Bonchev–Trinajstić information content (AvgIpc) is 3.51. The minimum absolute atomic E-state index is 0.412. The zero-order valence-electron chi connectivity index (χ0n) is 22.6. The second-order valence-corrected chi connectivity index (χ2v) is 8.70. The van der Waals surface area contributed by atoms with E-state index in [1.54, 1.807) is 14.2 Å². The van der Waals surface area contributed by atoms with E-state index >= 15 is 0 Å². The monoisotopic (exact) mass is 540 g/mol. The molecule has 11 heteroatoms. The number of nitrogens with one attached hydrogen (secondary N) is 4. The third kappa shape index (κ3) is 7.49. The summed E-state index contributed by atoms with van der Waals surface area (Å²) in [5, 5.41) is 14.6. The van der Waals surface area contributed by atoms with E-state index < -0.39 is 6.09 Å². The molecule has 0 saturated heterocycles. The lowest BCUT2D eigenvalue weighted by molar-refractivity contribution is 0.0353. The number of aromatic nitrogens is 2. The predicted molar refractivity (Wildman–Crippen MR) is 149 cm³/mol. The van der Waals surface area contributed by atoms with E-state index in [9.17, 15) is 4.79 Å². The van der Waals surface area contributed by atoms with Crippen molar-refractivity contribution >= 4 is 28.4 Å². The third-order valence-corrected chi connectivity index (χ3v) is 6.12. The molecule has 2 aromatic rings. The Morgan fingerprint density at radius 2 is 1.62 bits per heavy atom. The van der Waals surface area contributed by atoms with Gasteiger partial charge in [-0.1, -0.05) is 6.07 Å². The maximum atomic E-state index is 10.9. The van der Waals surface area contributed by atoms with Gasteiger partial charge in [0.05, 0.1) is 46.8 Å². The largest absolute Gasteiger partial charge is 0.493 e. The zero-order valence-corrected chi connectivity index (χ0v) is 22.6. The van der Waals surface area contributed by atoms with Crippen LogP contribution in [0.15, 0.2) is 42.5 Å². The molecule has 0 bridgehead atoms. The Kier molecular flexibility index (Phi) is 10.1. The van der Waals surface area contributed by atoms with E-state index in [4.69, 9.17) is 23.7 Å². The van der Waals surface area contributed by atoms with Crippen molar-refractivity contribution in [1.29, 1.82) is 0 Å². The number of fused-ring (bicyclic) bond motifs is 3. The second kappa shape index (κ2) is 14.2. The number of unbranched alkanes of at least 4 members (excludes halogenated alkanes) is 1. The van der Waals surface area contributed by atoms with Crippen molar-refractivity contribution < 1.29 is 33.2 Å². The van der Waals surface area contributed by atoms with Gasteiger partial charge in [0, 0.05) is 35.9 Å². The lowest BCUT2D eigenvalue weighted by Crippen LogP contribution is -2.24.